The van der Waals surface area contributed by atoms with Crippen molar-refractivity contribution in [2.24, 2.45) is 0 Å². The van der Waals surface area contributed by atoms with E-state index in [1.165, 1.54) is 54.3 Å². The Balaban J connectivity index is 2.09. The standard InChI is InChI=1S/C24H18F4N4O2/c1-13-19(18-10-11-30-32(18)17-8-6-16(25)7-9-17)20(21(22(33)29-2)23(34)31-13)14-4-3-5-15(12-14)24(26,27)28/h3-12H,1-2H3,(H,29,33)(H,31,34). The topological polar surface area (TPSA) is 79.8 Å². The Labute approximate surface area is 190 Å². The Morgan fingerprint density at radius 1 is 1.06 bits per heavy atom. The molecule has 0 aliphatic rings. The predicted octanol–water partition coefficient (Wildman–Crippen LogP) is 4.72. The van der Waals surface area contributed by atoms with Crippen LogP contribution in [0.15, 0.2) is 65.6 Å². The zero-order valence-corrected chi connectivity index (χ0v) is 18.0. The van der Waals surface area contributed by atoms with Crippen molar-refractivity contribution < 1.29 is 22.4 Å². The van der Waals surface area contributed by atoms with E-state index in [0.717, 1.165) is 12.1 Å². The fourth-order valence-corrected chi connectivity index (χ4v) is 3.80. The fourth-order valence-electron chi connectivity index (χ4n) is 3.80. The number of carbonyl (C=O) groups is 1. The van der Waals surface area contributed by atoms with Gasteiger partial charge in [0.1, 0.15) is 11.4 Å². The SMILES string of the molecule is CNC(=O)c1c(-c2cccc(C(F)(F)F)c2)c(-c2ccnn2-c2ccc(F)cc2)c(C)[nH]c1=O. The number of aryl methyl sites for hydroxylation is 1. The van der Waals surface area contributed by atoms with Crippen LogP contribution in [0.5, 0.6) is 0 Å². The molecule has 1 amide bonds. The molecule has 0 saturated heterocycles. The normalized spacial score (nSPS) is 11.5. The van der Waals surface area contributed by atoms with Crippen molar-refractivity contribution >= 4 is 5.91 Å². The average molecular weight is 470 g/mol. The van der Waals surface area contributed by atoms with E-state index >= 15 is 0 Å². The minimum Gasteiger partial charge on any atom is -0.355 e. The number of aromatic amines is 1. The highest BCUT2D eigenvalue weighted by molar-refractivity contribution is 6.04. The molecule has 4 aromatic rings. The quantitative estimate of drug-likeness (QED) is 0.424. The monoisotopic (exact) mass is 470 g/mol. The van der Waals surface area contributed by atoms with Gasteiger partial charge in [-0.2, -0.15) is 18.3 Å². The average Bonchev–Trinajstić information content (AvgIpc) is 3.27. The molecule has 0 radical (unpaired) electrons. The molecule has 0 bridgehead atoms. The van der Waals surface area contributed by atoms with Gasteiger partial charge in [-0.15, -0.1) is 0 Å². The third-order valence-corrected chi connectivity index (χ3v) is 5.31. The molecule has 0 saturated carbocycles. The van der Waals surface area contributed by atoms with Gasteiger partial charge in [-0.3, -0.25) is 9.59 Å². The lowest BCUT2D eigenvalue weighted by Gasteiger charge is -2.18. The first-order valence-corrected chi connectivity index (χ1v) is 10.1. The number of carbonyl (C=O) groups excluding carboxylic acids is 1. The summed E-state index contributed by atoms with van der Waals surface area (Å²) in [7, 11) is 1.32. The second-order valence-corrected chi connectivity index (χ2v) is 7.47. The van der Waals surface area contributed by atoms with Gasteiger partial charge < -0.3 is 10.3 Å². The van der Waals surface area contributed by atoms with E-state index in [0.29, 0.717) is 22.6 Å². The lowest BCUT2D eigenvalue weighted by Crippen LogP contribution is -2.29. The van der Waals surface area contributed by atoms with Crippen LogP contribution in [0.25, 0.3) is 28.1 Å². The number of hydrogen-bond acceptors (Lipinski definition) is 3. The summed E-state index contributed by atoms with van der Waals surface area (Å²) in [5.41, 5.74) is -0.478. The van der Waals surface area contributed by atoms with E-state index in [2.05, 4.69) is 15.4 Å². The minimum absolute atomic E-state index is 0.0237. The second kappa shape index (κ2) is 8.62. The molecule has 2 aromatic heterocycles. The Hall–Kier alpha value is -4.21. The summed E-state index contributed by atoms with van der Waals surface area (Å²) in [4.78, 5) is 28.2. The van der Waals surface area contributed by atoms with Crippen LogP contribution in [-0.2, 0) is 6.18 Å². The number of hydrogen-bond donors (Lipinski definition) is 2. The number of nitrogens with one attached hydrogen (secondary N) is 2. The summed E-state index contributed by atoms with van der Waals surface area (Å²) in [5, 5.41) is 6.64. The predicted molar refractivity (Wildman–Crippen MR) is 118 cm³/mol. The summed E-state index contributed by atoms with van der Waals surface area (Å²) in [6.45, 7) is 1.57. The number of rotatable bonds is 4. The Morgan fingerprint density at radius 3 is 2.41 bits per heavy atom. The van der Waals surface area contributed by atoms with Crippen molar-refractivity contribution in [1.29, 1.82) is 0 Å². The van der Waals surface area contributed by atoms with Crippen molar-refractivity contribution in [2.75, 3.05) is 7.05 Å². The first-order valence-electron chi connectivity index (χ1n) is 10.1. The molecule has 2 N–H and O–H groups in total. The van der Waals surface area contributed by atoms with Gasteiger partial charge in [-0.25, -0.2) is 9.07 Å². The number of benzene rings is 2. The van der Waals surface area contributed by atoms with Crippen molar-refractivity contribution in [3.05, 3.63) is 93.8 Å². The number of amides is 1. The lowest BCUT2D eigenvalue weighted by atomic mass is 9.91. The molecule has 10 heteroatoms. The van der Waals surface area contributed by atoms with Crippen LogP contribution in [0.2, 0.25) is 0 Å². The van der Waals surface area contributed by atoms with E-state index in [4.69, 9.17) is 0 Å². The molecule has 34 heavy (non-hydrogen) atoms. The highest BCUT2D eigenvalue weighted by Crippen LogP contribution is 2.39. The summed E-state index contributed by atoms with van der Waals surface area (Å²) < 4.78 is 55.3. The first kappa shape index (κ1) is 23.0. The molecule has 0 aliphatic heterocycles. The van der Waals surface area contributed by atoms with Crippen molar-refractivity contribution in [3.63, 3.8) is 0 Å². The van der Waals surface area contributed by atoms with Crippen molar-refractivity contribution in [2.45, 2.75) is 13.1 Å². The van der Waals surface area contributed by atoms with Crippen LogP contribution in [0.4, 0.5) is 17.6 Å². The molecule has 0 atom stereocenters. The molecule has 174 valence electrons. The van der Waals surface area contributed by atoms with Crippen LogP contribution >= 0.6 is 0 Å². The van der Waals surface area contributed by atoms with Gasteiger partial charge in [0.2, 0.25) is 0 Å². The molecule has 0 aliphatic carbocycles. The summed E-state index contributed by atoms with van der Waals surface area (Å²) in [6.07, 6.45) is -3.17. The largest absolute Gasteiger partial charge is 0.416 e. The molecule has 0 fully saturated rings. The highest BCUT2D eigenvalue weighted by Gasteiger charge is 2.32. The number of H-pyrrole nitrogens is 1. The molecular formula is C24H18F4N4O2. The molecule has 0 spiro atoms. The van der Waals surface area contributed by atoms with E-state index in [1.54, 1.807) is 13.0 Å². The zero-order chi connectivity index (χ0) is 24.6. The van der Waals surface area contributed by atoms with Crippen LogP contribution < -0.4 is 10.9 Å². The van der Waals surface area contributed by atoms with E-state index < -0.39 is 29.0 Å². The minimum atomic E-state index is -4.63. The smallest absolute Gasteiger partial charge is 0.355 e. The molecule has 6 nitrogen and oxygen atoms in total. The molecule has 0 unspecified atom stereocenters. The molecule has 2 heterocycles. The van der Waals surface area contributed by atoms with E-state index in [9.17, 15) is 27.2 Å². The third-order valence-electron chi connectivity index (χ3n) is 5.31. The summed E-state index contributed by atoms with van der Waals surface area (Å²) >= 11 is 0. The maximum absolute atomic E-state index is 13.5. The maximum Gasteiger partial charge on any atom is 0.416 e. The van der Waals surface area contributed by atoms with Crippen molar-refractivity contribution in [3.8, 4) is 28.1 Å². The van der Waals surface area contributed by atoms with Gasteiger partial charge in [0.25, 0.3) is 11.5 Å². The molecular weight excluding hydrogens is 452 g/mol. The highest BCUT2D eigenvalue weighted by atomic mass is 19.4. The number of alkyl halides is 3. The van der Waals surface area contributed by atoms with Crippen LogP contribution in [-0.4, -0.2) is 27.7 Å². The van der Waals surface area contributed by atoms with E-state index in [-0.39, 0.29) is 16.7 Å². The Morgan fingerprint density at radius 2 is 1.76 bits per heavy atom. The third kappa shape index (κ3) is 4.09. The number of pyridine rings is 1. The van der Waals surface area contributed by atoms with Gasteiger partial charge >= 0.3 is 6.18 Å². The van der Waals surface area contributed by atoms with Gasteiger partial charge in [0.15, 0.2) is 0 Å². The number of aromatic nitrogens is 3. The molecule has 2 aromatic carbocycles. The van der Waals surface area contributed by atoms with Crippen LogP contribution in [0.3, 0.4) is 0 Å². The Bertz CT molecular complexity index is 1440. The fraction of sp³-hybridized carbons (Fsp3) is 0.125. The number of halogens is 4. The van der Waals surface area contributed by atoms with Gasteiger partial charge in [0.05, 0.1) is 23.1 Å². The van der Waals surface area contributed by atoms with Crippen LogP contribution in [0.1, 0.15) is 21.6 Å². The van der Waals surface area contributed by atoms with E-state index in [1.807, 2.05) is 0 Å². The zero-order valence-electron chi connectivity index (χ0n) is 18.0. The van der Waals surface area contributed by atoms with Crippen LogP contribution in [0, 0.1) is 12.7 Å². The first-order chi connectivity index (χ1) is 16.1. The Kier molecular flexibility index (Phi) is 5.82. The second-order valence-electron chi connectivity index (χ2n) is 7.47. The van der Waals surface area contributed by atoms with Gasteiger partial charge in [-0.1, -0.05) is 12.1 Å². The maximum atomic E-state index is 13.5. The van der Waals surface area contributed by atoms with Gasteiger partial charge in [0, 0.05) is 23.9 Å². The molecule has 4 rings (SSSR count). The summed E-state index contributed by atoms with van der Waals surface area (Å²) in [5.74, 6) is -1.22. The van der Waals surface area contributed by atoms with Crippen molar-refractivity contribution in [1.82, 2.24) is 20.1 Å². The summed E-state index contributed by atoms with van der Waals surface area (Å²) in [6, 6.07) is 11.5. The number of nitrogens with zero attached hydrogens (tertiary/aromatic N) is 2. The lowest BCUT2D eigenvalue weighted by molar-refractivity contribution is -0.137. The van der Waals surface area contributed by atoms with Gasteiger partial charge in [-0.05, 0) is 55.0 Å².